The van der Waals surface area contributed by atoms with E-state index >= 15 is 0 Å². The molecular weight excluding hydrogens is 335 g/mol. The van der Waals surface area contributed by atoms with E-state index in [9.17, 15) is 9.18 Å². The van der Waals surface area contributed by atoms with Crippen molar-refractivity contribution < 1.29 is 13.7 Å². The first-order valence-corrected chi connectivity index (χ1v) is 7.66. The molecule has 1 aromatic heterocycles. The van der Waals surface area contributed by atoms with Gasteiger partial charge in [-0.15, -0.1) is 12.4 Å². The Morgan fingerprint density at radius 3 is 2.83 bits per heavy atom. The van der Waals surface area contributed by atoms with Crippen LogP contribution in [-0.2, 0) is 11.2 Å². The van der Waals surface area contributed by atoms with Crippen molar-refractivity contribution in [2.24, 2.45) is 0 Å². The molecule has 0 bridgehead atoms. The van der Waals surface area contributed by atoms with Gasteiger partial charge >= 0.3 is 0 Å². The van der Waals surface area contributed by atoms with Gasteiger partial charge in [-0.2, -0.15) is 4.98 Å². The van der Waals surface area contributed by atoms with E-state index in [1.165, 1.54) is 6.07 Å². The highest BCUT2D eigenvalue weighted by atomic mass is 35.5. The van der Waals surface area contributed by atoms with Crippen LogP contribution in [0, 0.1) is 12.7 Å². The van der Waals surface area contributed by atoms with Gasteiger partial charge in [-0.3, -0.25) is 4.79 Å². The minimum Gasteiger partial charge on any atom is -0.355 e. The first-order valence-electron chi connectivity index (χ1n) is 7.66. The van der Waals surface area contributed by atoms with Crippen LogP contribution >= 0.6 is 12.4 Å². The second kappa shape index (κ2) is 10.00. The van der Waals surface area contributed by atoms with Crippen molar-refractivity contribution in [3.63, 3.8) is 0 Å². The monoisotopic (exact) mass is 356 g/mol. The molecule has 0 spiro atoms. The number of nitrogens with zero attached hydrogens (tertiary/aromatic N) is 2. The Labute approximate surface area is 146 Å². The lowest BCUT2D eigenvalue weighted by atomic mass is 10.1. The topological polar surface area (TPSA) is 80.0 Å². The highest BCUT2D eigenvalue weighted by molar-refractivity contribution is 5.85. The van der Waals surface area contributed by atoms with Gasteiger partial charge in [-0.1, -0.05) is 12.1 Å². The SMILES string of the molecule is CCNCCNC(=O)CCc1nc(-c2ccc(F)c(C)c2)no1.Cl. The summed E-state index contributed by atoms with van der Waals surface area (Å²) in [7, 11) is 0. The minimum atomic E-state index is -0.272. The van der Waals surface area contributed by atoms with E-state index in [2.05, 4.69) is 20.8 Å². The van der Waals surface area contributed by atoms with Gasteiger partial charge in [0.05, 0.1) is 0 Å². The summed E-state index contributed by atoms with van der Waals surface area (Å²) >= 11 is 0. The lowest BCUT2D eigenvalue weighted by molar-refractivity contribution is -0.121. The third kappa shape index (κ3) is 5.90. The van der Waals surface area contributed by atoms with Gasteiger partial charge in [0, 0.05) is 31.5 Å². The average Bonchev–Trinajstić information content (AvgIpc) is 3.01. The van der Waals surface area contributed by atoms with E-state index in [-0.39, 0.29) is 30.6 Å². The van der Waals surface area contributed by atoms with E-state index < -0.39 is 0 Å². The van der Waals surface area contributed by atoms with Crippen molar-refractivity contribution in [1.29, 1.82) is 0 Å². The van der Waals surface area contributed by atoms with E-state index in [4.69, 9.17) is 4.52 Å². The first kappa shape index (κ1) is 20.1. The molecule has 2 aromatic rings. The molecule has 0 aliphatic rings. The number of rotatable bonds is 8. The van der Waals surface area contributed by atoms with Crippen molar-refractivity contribution in [1.82, 2.24) is 20.8 Å². The number of nitrogens with one attached hydrogen (secondary N) is 2. The fraction of sp³-hybridized carbons (Fsp3) is 0.438. The number of likely N-dealkylation sites (N-methyl/N-ethyl adjacent to an activating group) is 1. The summed E-state index contributed by atoms with van der Waals surface area (Å²) in [5.74, 6) is 0.464. The standard InChI is InChI=1S/C16H21FN4O2.ClH/c1-3-18-8-9-19-14(22)6-7-15-20-16(21-23-15)12-4-5-13(17)11(2)10-12;/h4-5,10,18H,3,6-9H2,1-2H3,(H,19,22);1H. The Kier molecular flexibility index (Phi) is 8.35. The maximum Gasteiger partial charge on any atom is 0.227 e. The molecule has 0 saturated heterocycles. The molecule has 1 aromatic carbocycles. The Balaban J connectivity index is 0.00000288. The van der Waals surface area contributed by atoms with Gasteiger partial charge in [-0.25, -0.2) is 4.39 Å². The van der Waals surface area contributed by atoms with E-state index in [0.717, 1.165) is 13.1 Å². The number of halogens is 2. The Bertz CT molecular complexity index is 663. The number of aryl methyl sites for hydroxylation is 2. The number of carbonyl (C=O) groups excluding carboxylic acids is 1. The summed E-state index contributed by atoms with van der Waals surface area (Å²) in [5, 5.41) is 9.80. The number of hydrogen-bond acceptors (Lipinski definition) is 5. The van der Waals surface area contributed by atoms with Crippen LogP contribution in [-0.4, -0.2) is 35.7 Å². The molecule has 132 valence electrons. The van der Waals surface area contributed by atoms with Crippen molar-refractivity contribution >= 4 is 18.3 Å². The summed E-state index contributed by atoms with van der Waals surface area (Å²) in [6.45, 7) is 5.91. The molecule has 0 radical (unpaired) electrons. The van der Waals surface area contributed by atoms with Crippen molar-refractivity contribution in [2.75, 3.05) is 19.6 Å². The van der Waals surface area contributed by atoms with Gasteiger partial charge in [0.25, 0.3) is 0 Å². The second-order valence-electron chi connectivity index (χ2n) is 5.18. The number of amides is 1. The van der Waals surface area contributed by atoms with Gasteiger partial charge < -0.3 is 15.2 Å². The second-order valence-corrected chi connectivity index (χ2v) is 5.18. The zero-order valence-electron chi connectivity index (χ0n) is 13.8. The van der Waals surface area contributed by atoms with E-state index in [0.29, 0.717) is 35.8 Å². The molecule has 0 atom stereocenters. The summed E-state index contributed by atoms with van der Waals surface area (Å²) in [5.41, 5.74) is 1.21. The summed E-state index contributed by atoms with van der Waals surface area (Å²) in [6, 6.07) is 4.64. The van der Waals surface area contributed by atoms with E-state index in [1.807, 2.05) is 6.92 Å². The molecule has 0 aliphatic heterocycles. The molecule has 1 amide bonds. The normalized spacial score (nSPS) is 10.3. The molecule has 0 unspecified atom stereocenters. The summed E-state index contributed by atoms with van der Waals surface area (Å²) in [4.78, 5) is 15.9. The van der Waals surface area contributed by atoms with Crippen LogP contribution in [0.15, 0.2) is 22.7 Å². The van der Waals surface area contributed by atoms with Gasteiger partial charge in [-0.05, 0) is 37.2 Å². The fourth-order valence-electron chi connectivity index (χ4n) is 2.03. The molecule has 1 heterocycles. The predicted octanol–water partition coefficient (Wildman–Crippen LogP) is 2.26. The number of aromatic nitrogens is 2. The van der Waals surface area contributed by atoms with Crippen molar-refractivity contribution in [2.45, 2.75) is 26.7 Å². The molecule has 2 N–H and O–H groups in total. The molecule has 0 saturated carbocycles. The average molecular weight is 357 g/mol. The highest BCUT2D eigenvalue weighted by Crippen LogP contribution is 2.19. The van der Waals surface area contributed by atoms with E-state index in [1.54, 1.807) is 19.1 Å². The number of hydrogen-bond donors (Lipinski definition) is 2. The van der Waals surface area contributed by atoms with Crippen LogP contribution in [0.4, 0.5) is 4.39 Å². The lowest BCUT2D eigenvalue weighted by Crippen LogP contribution is -2.31. The van der Waals surface area contributed by atoms with Crippen LogP contribution in [0.1, 0.15) is 24.8 Å². The van der Waals surface area contributed by atoms with Crippen molar-refractivity contribution in [3.8, 4) is 11.4 Å². The highest BCUT2D eigenvalue weighted by Gasteiger charge is 2.11. The Morgan fingerprint density at radius 2 is 2.12 bits per heavy atom. The first-order chi connectivity index (χ1) is 11.1. The third-order valence-corrected chi connectivity index (χ3v) is 3.32. The van der Waals surface area contributed by atoms with Crippen molar-refractivity contribution in [3.05, 3.63) is 35.5 Å². The molecule has 2 rings (SSSR count). The molecule has 6 nitrogen and oxygen atoms in total. The molecule has 0 fully saturated rings. The maximum atomic E-state index is 13.3. The van der Waals surface area contributed by atoms with Crippen LogP contribution in [0.5, 0.6) is 0 Å². The Morgan fingerprint density at radius 1 is 1.33 bits per heavy atom. The summed E-state index contributed by atoms with van der Waals surface area (Å²) < 4.78 is 18.4. The van der Waals surface area contributed by atoms with Crippen LogP contribution < -0.4 is 10.6 Å². The summed E-state index contributed by atoms with van der Waals surface area (Å²) in [6.07, 6.45) is 0.663. The largest absolute Gasteiger partial charge is 0.355 e. The minimum absolute atomic E-state index is 0. The zero-order valence-corrected chi connectivity index (χ0v) is 14.6. The van der Waals surface area contributed by atoms with Gasteiger partial charge in [0.2, 0.25) is 17.6 Å². The van der Waals surface area contributed by atoms with Gasteiger partial charge in [0.15, 0.2) is 0 Å². The zero-order chi connectivity index (χ0) is 16.7. The Hall–Kier alpha value is -1.99. The lowest BCUT2D eigenvalue weighted by Gasteiger charge is -2.04. The number of carbonyl (C=O) groups is 1. The predicted molar refractivity (Wildman–Crippen MR) is 91.6 cm³/mol. The van der Waals surface area contributed by atoms with Crippen LogP contribution in [0.3, 0.4) is 0 Å². The van der Waals surface area contributed by atoms with Gasteiger partial charge in [0.1, 0.15) is 5.82 Å². The van der Waals surface area contributed by atoms with Crippen LogP contribution in [0.25, 0.3) is 11.4 Å². The molecule has 0 aliphatic carbocycles. The molecule has 24 heavy (non-hydrogen) atoms. The molecular formula is C16H22ClFN4O2. The van der Waals surface area contributed by atoms with Crippen LogP contribution in [0.2, 0.25) is 0 Å². The number of benzene rings is 1. The smallest absolute Gasteiger partial charge is 0.227 e. The maximum absolute atomic E-state index is 13.3. The quantitative estimate of drug-likeness (QED) is 0.709. The fourth-order valence-corrected chi connectivity index (χ4v) is 2.03. The molecule has 8 heteroatoms. The third-order valence-electron chi connectivity index (χ3n) is 3.32.